The van der Waals surface area contributed by atoms with Crippen molar-refractivity contribution in [1.82, 2.24) is 35.8 Å². The highest BCUT2D eigenvalue weighted by Crippen LogP contribution is 2.42. The highest BCUT2D eigenvalue weighted by Gasteiger charge is 2.27. The van der Waals surface area contributed by atoms with E-state index in [0.29, 0.717) is 81.9 Å². The number of pyridine rings is 1. The molecule has 4 N–H and O–H groups in total. The number of amides is 3. The molecule has 0 radical (unpaired) electrons. The molecule has 3 amide bonds. The van der Waals surface area contributed by atoms with Gasteiger partial charge in [0.2, 0.25) is 17.7 Å². The van der Waals surface area contributed by atoms with Crippen LogP contribution >= 0.6 is 23.2 Å². The van der Waals surface area contributed by atoms with E-state index in [9.17, 15) is 19.5 Å². The summed E-state index contributed by atoms with van der Waals surface area (Å²) in [5, 5.41) is 19.8. The molecule has 4 heterocycles. The molecule has 0 bridgehead atoms. The van der Waals surface area contributed by atoms with E-state index in [0.717, 1.165) is 17.5 Å². The molecule has 2 fully saturated rings. The third-order valence-electron chi connectivity index (χ3n) is 8.95. The molecule has 0 unspecified atom stereocenters. The summed E-state index contributed by atoms with van der Waals surface area (Å²) in [6.07, 6.45) is 4.35. The van der Waals surface area contributed by atoms with Crippen LogP contribution in [0.2, 0.25) is 10.0 Å². The Morgan fingerprint density at radius 2 is 1.69 bits per heavy atom. The maximum Gasteiger partial charge on any atom is 0.407 e. The Morgan fingerprint density at radius 3 is 2.37 bits per heavy atom. The summed E-state index contributed by atoms with van der Waals surface area (Å²) in [5.74, 6) is 0.814. The van der Waals surface area contributed by atoms with Gasteiger partial charge in [0, 0.05) is 78.6 Å². The number of halogens is 2. The van der Waals surface area contributed by atoms with Crippen LogP contribution in [0, 0.1) is 0 Å². The third-order valence-corrected chi connectivity index (χ3v) is 9.74. The first-order valence-corrected chi connectivity index (χ1v) is 17.2. The molecule has 6 rings (SSSR count). The largest absolute Gasteiger partial charge is 0.496 e. The van der Waals surface area contributed by atoms with Gasteiger partial charge in [-0.25, -0.2) is 9.78 Å². The van der Waals surface area contributed by atoms with Crippen molar-refractivity contribution in [3.63, 3.8) is 0 Å². The second kappa shape index (κ2) is 15.9. The first kappa shape index (κ1) is 35.8. The molecule has 2 aromatic heterocycles. The Hall–Kier alpha value is -4.98. The molecule has 0 saturated carbocycles. The number of rotatable bonds is 13. The van der Waals surface area contributed by atoms with Gasteiger partial charge in [-0.15, -0.1) is 0 Å². The van der Waals surface area contributed by atoms with Gasteiger partial charge in [-0.2, -0.15) is 0 Å². The van der Waals surface area contributed by atoms with Gasteiger partial charge in [0.15, 0.2) is 0 Å². The summed E-state index contributed by atoms with van der Waals surface area (Å²) in [4.78, 5) is 50.1. The number of benzene rings is 2. The molecular weight excluding hydrogens is 697 g/mol. The van der Waals surface area contributed by atoms with Crippen molar-refractivity contribution in [2.45, 2.75) is 50.9 Å². The van der Waals surface area contributed by atoms with Gasteiger partial charge in [-0.3, -0.25) is 19.6 Å². The molecule has 51 heavy (non-hydrogen) atoms. The maximum atomic E-state index is 12.0. The second-order valence-corrected chi connectivity index (χ2v) is 13.1. The Kier molecular flexibility index (Phi) is 11.2. The molecule has 266 valence electrons. The van der Waals surface area contributed by atoms with Crippen molar-refractivity contribution in [3.8, 4) is 45.3 Å². The Bertz CT molecular complexity index is 1960. The highest BCUT2D eigenvalue weighted by molar-refractivity contribution is 6.39. The molecule has 13 nitrogen and oxygen atoms in total. The van der Waals surface area contributed by atoms with Crippen LogP contribution in [-0.2, 0) is 22.7 Å². The van der Waals surface area contributed by atoms with E-state index in [4.69, 9.17) is 32.7 Å². The van der Waals surface area contributed by atoms with Crippen LogP contribution in [0.15, 0.2) is 54.9 Å². The number of hydrogen-bond acceptors (Lipinski definition) is 9. The van der Waals surface area contributed by atoms with Gasteiger partial charge in [0.05, 0.1) is 48.4 Å². The van der Waals surface area contributed by atoms with E-state index in [2.05, 4.69) is 30.9 Å². The SMILES string of the molecule is COc1cc(-c2nccc(-c3cccc(-c4cnc(CN(C[C@@H]5CCC(=O)N5)C(=O)O)c(OC)n4)c3Cl)c2Cl)ccc1CNC[C@@H]1CCC(=O)N1. The van der Waals surface area contributed by atoms with E-state index >= 15 is 0 Å². The van der Waals surface area contributed by atoms with E-state index < -0.39 is 6.09 Å². The molecule has 2 aliphatic rings. The number of carboxylic acid groups (broad SMARTS) is 1. The minimum atomic E-state index is -1.15. The van der Waals surface area contributed by atoms with Gasteiger partial charge in [0.25, 0.3) is 0 Å². The van der Waals surface area contributed by atoms with Gasteiger partial charge in [-0.05, 0) is 25.0 Å². The maximum absolute atomic E-state index is 12.0. The summed E-state index contributed by atoms with van der Waals surface area (Å²) in [6.45, 7) is 1.27. The smallest absolute Gasteiger partial charge is 0.407 e. The van der Waals surface area contributed by atoms with Crippen molar-refractivity contribution in [1.29, 1.82) is 0 Å². The Labute approximate surface area is 304 Å². The zero-order valence-corrected chi connectivity index (χ0v) is 29.6. The van der Waals surface area contributed by atoms with Crippen molar-refractivity contribution in [2.75, 3.05) is 27.3 Å². The zero-order valence-electron chi connectivity index (χ0n) is 28.0. The van der Waals surface area contributed by atoms with Crippen LogP contribution in [-0.4, -0.2) is 82.3 Å². The molecule has 2 saturated heterocycles. The zero-order chi connectivity index (χ0) is 36.1. The average molecular weight is 735 g/mol. The fourth-order valence-corrected chi connectivity index (χ4v) is 6.96. The normalized spacial score (nSPS) is 16.9. The summed E-state index contributed by atoms with van der Waals surface area (Å²) < 4.78 is 11.2. The molecule has 15 heteroatoms. The van der Waals surface area contributed by atoms with Crippen molar-refractivity contribution >= 4 is 41.1 Å². The first-order valence-electron chi connectivity index (χ1n) is 16.4. The van der Waals surface area contributed by atoms with Crippen LogP contribution in [0.4, 0.5) is 4.79 Å². The topological polar surface area (TPSA) is 168 Å². The number of hydrogen-bond donors (Lipinski definition) is 4. The van der Waals surface area contributed by atoms with Crippen LogP contribution < -0.4 is 25.4 Å². The fraction of sp³-hybridized carbons (Fsp3) is 0.333. The molecule has 0 spiro atoms. The number of methoxy groups -OCH3 is 2. The molecule has 2 aliphatic heterocycles. The average Bonchev–Trinajstić information content (AvgIpc) is 3.75. The lowest BCUT2D eigenvalue weighted by atomic mass is 9.99. The fourth-order valence-electron chi connectivity index (χ4n) is 6.31. The summed E-state index contributed by atoms with van der Waals surface area (Å²) >= 11 is 14.1. The number of aromatic nitrogens is 3. The lowest BCUT2D eigenvalue weighted by molar-refractivity contribution is -0.120. The number of nitrogens with zero attached hydrogens (tertiary/aromatic N) is 4. The lowest BCUT2D eigenvalue weighted by Crippen LogP contribution is -2.41. The van der Waals surface area contributed by atoms with Crippen molar-refractivity contribution < 1.29 is 29.0 Å². The van der Waals surface area contributed by atoms with Gasteiger partial charge in [0.1, 0.15) is 11.4 Å². The van der Waals surface area contributed by atoms with Crippen LogP contribution in [0.1, 0.15) is 36.9 Å². The Morgan fingerprint density at radius 1 is 0.961 bits per heavy atom. The van der Waals surface area contributed by atoms with E-state index in [1.807, 2.05) is 30.3 Å². The van der Waals surface area contributed by atoms with Gasteiger partial charge < -0.3 is 35.4 Å². The Balaban J connectivity index is 1.23. The molecule has 4 aromatic rings. The predicted molar refractivity (Wildman–Crippen MR) is 192 cm³/mol. The van der Waals surface area contributed by atoms with E-state index in [1.54, 1.807) is 25.4 Å². The molecule has 2 atom stereocenters. The van der Waals surface area contributed by atoms with Crippen LogP contribution in [0.25, 0.3) is 33.6 Å². The van der Waals surface area contributed by atoms with Crippen LogP contribution in [0.5, 0.6) is 11.6 Å². The minimum absolute atomic E-state index is 0.0796. The number of carbonyl (C=O) groups excluding carboxylic acids is 2. The highest BCUT2D eigenvalue weighted by atomic mass is 35.5. The summed E-state index contributed by atoms with van der Waals surface area (Å²) in [7, 11) is 3.05. The van der Waals surface area contributed by atoms with Crippen molar-refractivity contribution in [3.05, 3.63) is 76.2 Å². The number of ether oxygens (including phenoxy) is 2. The third kappa shape index (κ3) is 8.16. The summed E-state index contributed by atoms with van der Waals surface area (Å²) in [5.41, 5.74) is 4.88. The van der Waals surface area contributed by atoms with E-state index in [1.165, 1.54) is 18.2 Å². The first-order chi connectivity index (χ1) is 24.6. The van der Waals surface area contributed by atoms with Gasteiger partial charge >= 0.3 is 6.09 Å². The predicted octanol–water partition coefficient (Wildman–Crippen LogP) is 5.32. The van der Waals surface area contributed by atoms with Gasteiger partial charge in [-0.1, -0.05) is 53.5 Å². The van der Waals surface area contributed by atoms with Crippen LogP contribution in [0.3, 0.4) is 0 Å². The van der Waals surface area contributed by atoms with Crippen molar-refractivity contribution in [2.24, 2.45) is 0 Å². The molecular formula is C36H37Cl2N7O6. The van der Waals surface area contributed by atoms with E-state index in [-0.39, 0.29) is 42.9 Å². The second-order valence-electron chi connectivity index (χ2n) is 12.3. The monoisotopic (exact) mass is 733 g/mol. The summed E-state index contributed by atoms with van der Waals surface area (Å²) in [6, 6.07) is 12.9. The standard InChI is InChI=1S/C36H37Cl2N7O6/c1-50-29-14-20(6-7-21(29)15-39-16-22-8-10-30(46)42-22)34-33(38)25(12-13-40-34)24-4-3-5-26(32(24)37)27-17-41-28(35(44-27)51-2)19-45(36(48)49)18-23-9-11-31(47)43-23/h3-7,12-14,17,22-23,39H,8-11,15-16,18-19H2,1-2H3,(H,42,46)(H,43,47)(H,48,49)/t22-,23-/m0/s1. The quantitative estimate of drug-likeness (QED) is 0.141. The lowest BCUT2D eigenvalue weighted by Gasteiger charge is -2.23. The number of carbonyl (C=O) groups is 3. The molecule has 2 aromatic carbocycles. The molecule has 0 aliphatic carbocycles. The number of nitrogens with one attached hydrogen (secondary N) is 3. The minimum Gasteiger partial charge on any atom is -0.496 e.